The summed E-state index contributed by atoms with van der Waals surface area (Å²) in [5.74, 6) is 0.188. The molecular weight excluding hydrogens is 396 g/mol. The highest BCUT2D eigenvalue weighted by molar-refractivity contribution is 9.12. The van der Waals surface area contributed by atoms with Crippen molar-refractivity contribution in [1.82, 2.24) is 4.90 Å². The number of hydrogen-bond acceptors (Lipinski definition) is 4. The summed E-state index contributed by atoms with van der Waals surface area (Å²) < 4.78 is 1.78. The van der Waals surface area contributed by atoms with Crippen molar-refractivity contribution in [3.05, 3.63) is 19.2 Å². The molecule has 0 bridgehead atoms. The Morgan fingerprint density at radius 2 is 2.37 bits per heavy atom. The van der Waals surface area contributed by atoms with E-state index >= 15 is 0 Å². The van der Waals surface area contributed by atoms with Gasteiger partial charge in [0.05, 0.1) is 18.8 Å². The highest BCUT2D eigenvalue weighted by Crippen LogP contribution is 2.33. The second-order valence-electron chi connectivity index (χ2n) is 4.44. The fraction of sp³-hybridized carbons (Fsp3) is 0.500. The molecule has 1 fully saturated rings. The van der Waals surface area contributed by atoms with E-state index in [0.29, 0.717) is 25.1 Å². The van der Waals surface area contributed by atoms with Gasteiger partial charge < -0.3 is 10.1 Å². The normalized spacial score (nSPS) is 21.9. The Balaban J connectivity index is 2.15. The first-order valence-electron chi connectivity index (χ1n) is 6.01. The Bertz CT molecular complexity index is 516. The Morgan fingerprint density at radius 1 is 1.63 bits per heavy atom. The minimum atomic E-state index is 0.0317. The van der Waals surface area contributed by atoms with Gasteiger partial charge in [0.1, 0.15) is 0 Å². The van der Waals surface area contributed by atoms with Crippen molar-refractivity contribution in [3.63, 3.8) is 0 Å². The van der Waals surface area contributed by atoms with E-state index in [0.717, 1.165) is 19.7 Å². The van der Waals surface area contributed by atoms with Crippen molar-refractivity contribution >= 4 is 54.8 Å². The van der Waals surface area contributed by atoms with Crippen LogP contribution in [0.15, 0.2) is 18.8 Å². The van der Waals surface area contributed by atoms with Crippen LogP contribution in [-0.2, 0) is 0 Å². The number of piperidine rings is 1. The lowest BCUT2D eigenvalue weighted by molar-refractivity contribution is 0.0728. The maximum atomic E-state index is 12.5. The molecule has 4 nitrogen and oxygen atoms in total. The highest BCUT2D eigenvalue weighted by Gasteiger charge is 2.29. The lowest BCUT2D eigenvalue weighted by Crippen LogP contribution is -2.44. The summed E-state index contributed by atoms with van der Waals surface area (Å²) in [6.07, 6.45) is 1.52. The van der Waals surface area contributed by atoms with Crippen LogP contribution in [0.5, 0.6) is 0 Å². The molecule has 0 aromatic carbocycles. The van der Waals surface area contributed by atoms with Crippen LogP contribution >= 0.6 is 43.2 Å². The summed E-state index contributed by atoms with van der Waals surface area (Å²) in [4.78, 5) is 14.3. The fourth-order valence-corrected chi connectivity index (χ4v) is 5.03. The van der Waals surface area contributed by atoms with E-state index in [4.69, 9.17) is 5.21 Å². The first-order chi connectivity index (χ1) is 9.06. The minimum absolute atomic E-state index is 0.0317. The molecule has 0 spiro atoms. The van der Waals surface area contributed by atoms with Crippen molar-refractivity contribution in [3.8, 4) is 0 Å². The van der Waals surface area contributed by atoms with Gasteiger partial charge in [0, 0.05) is 25.4 Å². The second kappa shape index (κ2) is 6.37. The number of oxime groups is 1. The topological polar surface area (TPSA) is 52.9 Å². The maximum absolute atomic E-state index is 12.5. The molecule has 2 rings (SSSR count). The van der Waals surface area contributed by atoms with Crippen molar-refractivity contribution < 1.29 is 10.0 Å². The molecule has 1 aliphatic heterocycles. The van der Waals surface area contributed by atoms with Gasteiger partial charge in [-0.1, -0.05) is 12.1 Å². The zero-order chi connectivity index (χ0) is 14.0. The molecule has 7 heteroatoms. The van der Waals surface area contributed by atoms with E-state index in [1.807, 2.05) is 17.9 Å². The Labute approximate surface area is 132 Å². The molecule has 104 valence electrons. The SMILES string of the molecule is CCC1CN(C(=O)c2cc(Br)sc2Br)CC/C1=N\O. The van der Waals surface area contributed by atoms with Crippen LogP contribution in [0.3, 0.4) is 0 Å². The van der Waals surface area contributed by atoms with E-state index < -0.39 is 0 Å². The number of carbonyl (C=O) groups excluding carboxylic acids is 1. The zero-order valence-electron chi connectivity index (χ0n) is 10.4. The number of rotatable bonds is 2. The Morgan fingerprint density at radius 3 is 2.89 bits per heavy atom. The average Bonchev–Trinajstić information content (AvgIpc) is 2.76. The molecule has 2 heterocycles. The fourth-order valence-electron chi connectivity index (χ4n) is 2.25. The van der Waals surface area contributed by atoms with Crippen LogP contribution in [0.2, 0.25) is 0 Å². The van der Waals surface area contributed by atoms with Gasteiger partial charge in [0.25, 0.3) is 5.91 Å². The van der Waals surface area contributed by atoms with Gasteiger partial charge in [0.2, 0.25) is 0 Å². The van der Waals surface area contributed by atoms with Crippen LogP contribution in [0, 0.1) is 5.92 Å². The molecule has 0 radical (unpaired) electrons. The smallest absolute Gasteiger partial charge is 0.255 e. The van der Waals surface area contributed by atoms with Gasteiger partial charge in [-0.25, -0.2) is 0 Å². The number of carbonyl (C=O) groups is 1. The zero-order valence-corrected chi connectivity index (χ0v) is 14.4. The molecular formula is C12H14Br2N2O2S. The van der Waals surface area contributed by atoms with Crippen LogP contribution in [0.1, 0.15) is 30.1 Å². The molecule has 0 saturated carbocycles. The lowest BCUT2D eigenvalue weighted by atomic mass is 9.93. The molecule has 1 aromatic heterocycles. The van der Waals surface area contributed by atoms with Crippen LogP contribution in [0.25, 0.3) is 0 Å². The lowest BCUT2D eigenvalue weighted by Gasteiger charge is -2.32. The first-order valence-corrected chi connectivity index (χ1v) is 8.42. The monoisotopic (exact) mass is 408 g/mol. The highest BCUT2D eigenvalue weighted by atomic mass is 79.9. The van der Waals surface area contributed by atoms with Gasteiger partial charge in [-0.15, -0.1) is 11.3 Å². The van der Waals surface area contributed by atoms with Crippen molar-refractivity contribution in [2.24, 2.45) is 11.1 Å². The molecule has 1 atom stereocenters. The summed E-state index contributed by atoms with van der Waals surface area (Å²) in [5.41, 5.74) is 1.49. The van der Waals surface area contributed by atoms with Gasteiger partial charge in [-0.05, 0) is 44.3 Å². The predicted molar refractivity (Wildman–Crippen MR) is 83.2 cm³/mol. The van der Waals surface area contributed by atoms with Gasteiger partial charge >= 0.3 is 0 Å². The third-order valence-corrected chi connectivity index (χ3v) is 5.68. The van der Waals surface area contributed by atoms with Gasteiger partial charge in [-0.3, -0.25) is 4.79 Å². The van der Waals surface area contributed by atoms with E-state index in [1.165, 1.54) is 11.3 Å². The van der Waals surface area contributed by atoms with Crippen molar-refractivity contribution in [2.45, 2.75) is 19.8 Å². The van der Waals surface area contributed by atoms with Gasteiger partial charge in [-0.2, -0.15) is 0 Å². The number of halogens is 2. The maximum Gasteiger partial charge on any atom is 0.255 e. The first kappa shape index (κ1) is 15.0. The van der Waals surface area contributed by atoms with Gasteiger partial charge in [0.15, 0.2) is 0 Å². The molecule has 1 aliphatic rings. The third-order valence-electron chi connectivity index (χ3n) is 3.35. The molecule has 1 unspecified atom stereocenters. The second-order valence-corrected chi connectivity index (χ2v) is 8.18. The number of likely N-dealkylation sites (tertiary alicyclic amines) is 1. The predicted octanol–water partition coefficient (Wildman–Crippen LogP) is 3.98. The molecule has 1 amide bonds. The van der Waals surface area contributed by atoms with Crippen molar-refractivity contribution in [1.29, 1.82) is 0 Å². The van der Waals surface area contributed by atoms with E-state index in [1.54, 1.807) is 0 Å². The van der Waals surface area contributed by atoms with Crippen LogP contribution in [-0.4, -0.2) is 34.8 Å². The summed E-state index contributed by atoms with van der Waals surface area (Å²) in [6.45, 7) is 3.27. The molecule has 0 aliphatic carbocycles. The summed E-state index contributed by atoms with van der Waals surface area (Å²) in [7, 11) is 0. The average molecular weight is 410 g/mol. The molecule has 1 saturated heterocycles. The van der Waals surface area contributed by atoms with E-state index in [9.17, 15) is 4.79 Å². The largest absolute Gasteiger partial charge is 0.411 e. The van der Waals surface area contributed by atoms with E-state index in [-0.39, 0.29) is 11.8 Å². The number of hydrogen-bond donors (Lipinski definition) is 1. The quantitative estimate of drug-likeness (QED) is 0.593. The number of amides is 1. The summed E-state index contributed by atoms with van der Waals surface area (Å²) in [6, 6.07) is 1.84. The summed E-state index contributed by atoms with van der Waals surface area (Å²) in [5, 5.41) is 12.3. The van der Waals surface area contributed by atoms with Crippen molar-refractivity contribution in [2.75, 3.05) is 13.1 Å². The third kappa shape index (κ3) is 3.20. The summed E-state index contributed by atoms with van der Waals surface area (Å²) >= 11 is 8.30. The Kier molecular flexibility index (Phi) is 5.03. The van der Waals surface area contributed by atoms with Crippen LogP contribution < -0.4 is 0 Å². The standard InChI is InChI=1S/C12H14Br2N2O2S/c1-2-7-6-16(4-3-9(7)15-18)12(17)8-5-10(13)19-11(8)14/h5,7,18H,2-4,6H2,1H3/b15-9+. The number of thiophene rings is 1. The van der Waals surface area contributed by atoms with E-state index in [2.05, 4.69) is 37.0 Å². The minimum Gasteiger partial charge on any atom is -0.411 e. The van der Waals surface area contributed by atoms with Crippen LogP contribution in [0.4, 0.5) is 0 Å². The Hall–Kier alpha value is -0.400. The number of nitrogens with zero attached hydrogens (tertiary/aromatic N) is 2. The molecule has 1 N–H and O–H groups in total. The molecule has 19 heavy (non-hydrogen) atoms. The molecule has 1 aromatic rings.